The average molecular weight is 436 g/mol. The highest BCUT2D eigenvalue weighted by Gasteiger charge is 2.29. The number of furan rings is 1. The third kappa shape index (κ3) is 3.96. The molecule has 162 valence electrons. The van der Waals surface area contributed by atoms with Crippen molar-refractivity contribution < 1.29 is 18.4 Å². The van der Waals surface area contributed by atoms with Gasteiger partial charge in [-0.2, -0.15) is 0 Å². The molecule has 0 saturated carbocycles. The SMILES string of the molecule is Cc1ccc2oc(-c3ccco3)c(OC(=O)C(c3ccccc3)c3ccccc3)c(=O)c2c1. The van der Waals surface area contributed by atoms with Crippen molar-refractivity contribution in [2.45, 2.75) is 12.8 Å². The molecule has 2 aromatic heterocycles. The van der Waals surface area contributed by atoms with E-state index in [9.17, 15) is 9.59 Å². The Hall–Kier alpha value is -4.38. The molecule has 5 heteroatoms. The van der Waals surface area contributed by atoms with E-state index in [2.05, 4.69) is 0 Å². The average Bonchev–Trinajstić information content (AvgIpc) is 3.37. The van der Waals surface area contributed by atoms with Crippen LogP contribution in [0, 0.1) is 6.92 Å². The third-order valence-corrected chi connectivity index (χ3v) is 5.45. The van der Waals surface area contributed by atoms with Gasteiger partial charge in [-0.25, -0.2) is 0 Å². The van der Waals surface area contributed by atoms with Crippen molar-refractivity contribution in [3.63, 3.8) is 0 Å². The molecule has 0 aliphatic rings. The molecule has 2 heterocycles. The monoisotopic (exact) mass is 436 g/mol. The lowest BCUT2D eigenvalue weighted by molar-refractivity contribution is -0.135. The number of fused-ring (bicyclic) bond motifs is 1. The van der Waals surface area contributed by atoms with Crippen LogP contribution in [-0.2, 0) is 4.79 Å². The smallest absolute Gasteiger partial charge is 0.323 e. The van der Waals surface area contributed by atoms with Crippen molar-refractivity contribution in [2.24, 2.45) is 0 Å². The van der Waals surface area contributed by atoms with Gasteiger partial charge < -0.3 is 13.6 Å². The van der Waals surface area contributed by atoms with Gasteiger partial charge in [-0.1, -0.05) is 72.3 Å². The maximum Gasteiger partial charge on any atom is 0.323 e. The Balaban J connectivity index is 1.66. The fourth-order valence-electron chi connectivity index (χ4n) is 3.87. The number of ether oxygens (including phenoxy) is 1. The minimum atomic E-state index is -0.718. The van der Waals surface area contributed by atoms with Crippen LogP contribution in [0.4, 0.5) is 0 Å². The quantitative estimate of drug-likeness (QED) is 0.311. The number of hydrogen-bond acceptors (Lipinski definition) is 5. The highest BCUT2D eigenvalue weighted by Crippen LogP contribution is 2.33. The summed E-state index contributed by atoms with van der Waals surface area (Å²) >= 11 is 0. The molecule has 0 fully saturated rings. The molecule has 5 nitrogen and oxygen atoms in total. The number of rotatable bonds is 5. The van der Waals surface area contributed by atoms with Crippen molar-refractivity contribution in [1.82, 2.24) is 0 Å². The first-order valence-electron chi connectivity index (χ1n) is 10.5. The molecule has 0 saturated heterocycles. The van der Waals surface area contributed by atoms with Crippen molar-refractivity contribution >= 4 is 16.9 Å². The predicted octanol–water partition coefficient (Wildman–Crippen LogP) is 6.10. The number of esters is 1. The molecule has 0 radical (unpaired) electrons. The highest BCUT2D eigenvalue weighted by atomic mass is 16.5. The second-order valence-corrected chi connectivity index (χ2v) is 7.74. The van der Waals surface area contributed by atoms with Crippen molar-refractivity contribution in [3.8, 4) is 17.3 Å². The van der Waals surface area contributed by atoms with Crippen LogP contribution in [-0.4, -0.2) is 5.97 Å². The molecule has 0 amide bonds. The van der Waals surface area contributed by atoms with Crippen LogP contribution >= 0.6 is 0 Å². The van der Waals surface area contributed by atoms with Crippen LogP contribution in [0.3, 0.4) is 0 Å². The first-order valence-corrected chi connectivity index (χ1v) is 10.5. The van der Waals surface area contributed by atoms with Crippen LogP contribution in [0.25, 0.3) is 22.5 Å². The molecular weight excluding hydrogens is 416 g/mol. The number of carbonyl (C=O) groups excluding carboxylic acids is 1. The number of hydrogen-bond donors (Lipinski definition) is 0. The largest absolute Gasteiger partial charge is 0.461 e. The second kappa shape index (κ2) is 8.63. The number of carbonyl (C=O) groups is 1. The van der Waals surface area contributed by atoms with Crippen molar-refractivity contribution in [2.75, 3.05) is 0 Å². The van der Waals surface area contributed by atoms with E-state index in [1.54, 1.807) is 24.3 Å². The number of aryl methyl sites for hydroxylation is 1. The molecule has 5 aromatic rings. The van der Waals surface area contributed by atoms with Crippen molar-refractivity contribution in [1.29, 1.82) is 0 Å². The zero-order chi connectivity index (χ0) is 22.8. The Morgan fingerprint density at radius 2 is 1.52 bits per heavy atom. The van der Waals surface area contributed by atoms with Crippen LogP contribution in [0.5, 0.6) is 5.75 Å². The summed E-state index contributed by atoms with van der Waals surface area (Å²) < 4.78 is 17.3. The fraction of sp³-hybridized carbons (Fsp3) is 0.0714. The summed E-state index contributed by atoms with van der Waals surface area (Å²) in [4.78, 5) is 27.0. The molecule has 0 atom stereocenters. The maximum absolute atomic E-state index is 13.6. The molecule has 0 spiro atoms. The maximum atomic E-state index is 13.6. The zero-order valence-electron chi connectivity index (χ0n) is 17.9. The Bertz CT molecular complexity index is 1430. The molecule has 0 bridgehead atoms. The van der Waals surface area contributed by atoms with Crippen LogP contribution < -0.4 is 10.2 Å². The minimum Gasteiger partial charge on any atom is -0.461 e. The standard InChI is InChI=1S/C28H20O5/c1-18-14-15-22-21(17-18)25(29)27(26(32-22)23-13-8-16-31-23)33-28(30)24(19-9-4-2-5-10-19)20-11-6-3-7-12-20/h2-17,24H,1H3. The van der Waals surface area contributed by atoms with Gasteiger partial charge in [-0.3, -0.25) is 9.59 Å². The third-order valence-electron chi connectivity index (χ3n) is 5.45. The summed E-state index contributed by atoms with van der Waals surface area (Å²) in [7, 11) is 0. The van der Waals surface area contributed by atoms with Crippen molar-refractivity contribution in [3.05, 3.63) is 124 Å². The summed E-state index contributed by atoms with van der Waals surface area (Å²) in [5.41, 5.74) is 2.37. The molecule has 3 aromatic carbocycles. The van der Waals surface area contributed by atoms with Gasteiger partial charge in [0, 0.05) is 0 Å². The first kappa shape index (κ1) is 20.5. The van der Waals surface area contributed by atoms with Gasteiger partial charge in [0.15, 0.2) is 5.76 Å². The highest BCUT2D eigenvalue weighted by molar-refractivity contribution is 5.87. The summed E-state index contributed by atoms with van der Waals surface area (Å²) in [6, 6.07) is 27.3. The lowest BCUT2D eigenvalue weighted by Crippen LogP contribution is -2.23. The van der Waals surface area contributed by atoms with Crippen LogP contribution in [0.1, 0.15) is 22.6 Å². The molecule has 33 heavy (non-hydrogen) atoms. The predicted molar refractivity (Wildman–Crippen MR) is 125 cm³/mol. The minimum absolute atomic E-state index is 0.0783. The van der Waals surface area contributed by atoms with E-state index >= 15 is 0 Å². The van der Waals surface area contributed by atoms with E-state index in [1.807, 2.05) is 73.7 Å². The van der Waals surface area contributed by atoms with Gasteiger partial charge >= 0.3 is 5.97 Å². The molecule has 0 N–H and O–H groups in total. The fourth-order valence-corrected chi connectivity index (χ4v) is 3.87. The second-order valence-electron chi connectivity index (χ2n) is 7.74. The van der Waals surface area contributed by atoms with Gasteiger partial charge in [0.25, 0.3) is 0 Å². The summed E-state index contributed by atoms with van der Waals surface area (Å²) in [6.45, 7) is 1.88. The first-order chi connectivity index (χ1) is 16.1. The van der Waals surface area contributed by atoms with E-state index in [4.69, 9.17) is 13.6 Å². The molecule has 0 aliphatic carbocycles. The molecule has 0 unspecified atom stereocenters. The summed E-state index contributed by atoms with van der Waals surface area (Å²) in [5, 5.41) is 0.337. The lowest BCUT2D eigenvalue weighted by atomic mass is 9.91. The van der Waals surface area contributed by atoms with Gasteiger partial charge in [0.05, 0.1) is 11.6 Å². The topological polar surface area (TPSA) is 69.7 Å². The van der Waals surface area contributed by atoms with E-state index in [0.717, 1.165) is 16.7 Å². The molecule has 0 aliphatic heterocycles. The Kier molecular flexibility index (Phi) is 5.37. The molecular formula is C28H20O5. The Labute approximate surface area is 189 Å². The van der Waals surface area contributed by atoms with Gasteiger partial charge in [-0.15, -0.1) is 0 Å². The van der Waals surface area contributed by atoms with Gasteiger partial charge in [0.2, 0.25) is 16.9 Å². The van der Waals surface area contributed by atoms with E-state index < -0.39 is 17.3 Å². The van der Waals surface area contributed by atoms with Gasteiger partial charge in [0.1, 0.15) is 11.5 Å². The summed E-state index contributed by atoms with van der Waals surface area (Å²) in [5.74, 6) is -1.11. The van der Waals surface area contributed by atoms with E-state index in [0.29, 0.717) is 16.7 Å². The lowest BCUT2D eigenvalue weighted by Gasteiger charge is -2.17. The van der Waals surface area contributed by atoms with E-state index in [1.165, 1.54) is 6.26 Å². The Morgan fingerprint density at radius 3 is 2.12 bits per heavy atom. The zero-order valence-corrected chi connectivity index (χ0v) is 17.9. The van der Waals surface area contributed by atoms with Gasteiger partial charge in [-0.05, 0) is 42.3 Å². The van der Waals surface area contributed by atoms with Crippen LogP contribution in [0.2, 0.25) is 0 Å². The van der Waals surface area contributed by atoms with Crippen LogP contribution in [0.15, 0.2) is 111 Å². The normalized spacial score (nSPS) is 11.1. The Morgan fingerprint density at radius 1 is 0.848 bits per heavy atom. The number of benzene rings is 3. The molecule has 5 rings (SSSR count). The van der Waals surface area contributed by atoms with E-state index in [-0.39, 0.29) is 11.5 Å². The summed E-state index contributed by atoms with van der Waals surface area (Å²) in [6.07, 6.45) is 1.47.